The van der Waals surface area contributed by atoms with Crippen molar-refractivity contribution in [1.82, 2.24) is 0 Å². The van der Waals surface area contributed by atoms with Crippen molar-refractivity contribution in [2.24, 2.45) is 0 Å². The maximum atomic E-state index is 13.4. The normalized spacial score (nSPS) is 17.5. The number of fused-ring (bicyclic) bond motifs is 1. The van der Waals surface area contributed by atoms with Crippen molar-refractivity contribution in [1.29, 1.82) is 0 Å². The lowest BCUT2D eigenvalue weighted by Gasteiger charge is -2.21. The van der Waals surface area contributed by atoms with Gasteiger partial charge in [0, 0.05) is 17.1 Å². The number of anilines is 2. The zero-order chi connectivity index (χ0) is 22.0. The molecule has 2 amide bonds. The minimum atomic E-state index is -3.85. The molecule has 158 valence electrons. The highest BCUT2D eigenvalue weighted by molar-refractivity contribution is 7.92. The molecule has 1 aliphatic rings. The van der Waals surface area contributed by atoms with Gasteiger partial charge >= 0.3 is 0 Å². The van der Waals surface area contributed by atoms with E-state index in [1.54, 1.807) is 72.8 Å². The second-order valence-electron chi connectivity index (χ2n) is 7.15. The topological polar surface area (TPSA) is 83.6 Å². The van der Waals surface area contributed by atoms with E-state index in [9.17, 15) is 18.0 Å². The number of nitrogens with one attached hydrogen (secondary N) is 1. The maximum Gasteiger partial charge on any atom is 0.244 e. The monoisotopic (exact) mass is 454 g/mol. The van der Waals surface area contributed by atoms with Gasteiger partial charge in [0.1, 0.15) is 6.54 Å². The van der Waals surface area contributed by atoms with Crippen molar-refractivity contribution in [2.75, 3.05) is 16.8 Å². The fourth-order valence-electron chi connectivity index (χ4n) is 3.60. The van der Waals surface area contributed by atoms with Gasteiger partial charge in [0.05, 0.1) is 15.8 Å². The Kier molecular flexibility index (Phi) is 5.80. The molecule has 1 aliphatic heterocycles. The first kappa shape index (κ1) is 21.1. The van der Waals surface area contributed by atoms with E-state index in [1.165, 1.54) is 11.0 Å². The van der Waals surface area contributed by atoms with E-state index in [1.807, 2.05) is 0 Å². The summed E-state index contributed by atoms with van der Waals surface area (Å²) in [5.41, 5.74) is 1.27. The van der Waals surface area contributed by atoms with Crippen LogP contribution in [0.15, 0.2) is 83.8 Å². The van der Waals surface area contributed by atoms with E-state index in [4.69, 9.17) is 11.6 Å². The van der Waals surface area contributed by atoms with Gasteiger partial charge in [-0.1, -0.05) is 54.1 Å². The zero-order valence-corrected chi connectivity index (χ0v) is 17.9. The van der Waals surface area contributed by atoms with E-state index >= 15 is 0 Å². The summed E-state index contributed by atoms with van der Waals surface area (Å²) in [5.74, 6) is -0.880. The van der Waals surface area contributed by atoms with E-state index in [2.05, 4.69) is 5.32 Å². The average Bonchev–Trinajstić information content (AvgIpc) is 2.85. The highest BCUT2D eigenvalue weighted by atomic mass is 35.5. The van der Waals surface area contributed by atoms with Crippen LogP contribution in [0, 0.1) is 0 Å². The van der Waals surface area contributed by atoms with Crippen LogP contribution in [0.25, 0.3) is 0 Å². The minimum Gasteiger partial charge on any atom is -0.325 e. The van der Waals surface area contributed by atoms with Crippen LogP contribution in [0.5, 0.6) is 0 Å². The van der Waals surface area contributed by atoms with Gasteiger partial charge in [-0.3, -0.25) is 9.59 Å². The number of carbonyl (C=O) groups excluding carboxylic acids is 2. The SMILES string of the molecule is O=C(CN1C(=O)C[C@H](c2ccccc2)S(=O)(=O)c2ccccc21)Nc1ccc(Cl)cc1. The van der Waals surface area contributed by atoms with Crippen LogP contribution >= 0.6 is 11.6 Å². The van der Waals surface area contributed by atoms with Crippen LogP contribution in [0.2, 0.25) is 5.02 Å². The molecule has 8 heteroatoms. The lowest BCUT2D eigenvalue weighted by Crippen LogP contribution is -2.38. The second kappa shape index (κ2) is 8.53. The Bertz CT molecular complexity index is 1230. The number of carbonyl (C=O) groups is 2. The molecule has 3 aromatic rings. The van der Waals surface area contributed by atoms with Gasteiger partial charge in [-0.05, 0) is 42.0 Å². The summed E-state index contributed by atoms with van der Waals surface area (Å²) in [5, 5.41) is 2.22. The summed E-state index contributed by atoms with van der Waals surface area (Å²) in [6.45, 7) is -0.310. The molecule has 0 aromatic heterocycles. The summed E-state index contributed by atoms with van der Waals surface area (Å²) in [7, 11) is -3.85. The van der Waals surface area contributed by atoms with Crippen LogP contribution in [-0.2, 0) is 19.4 Å². The van der Waals surface area contributed by atoms with Crippen molar-refractivity contribution in [3.05, 3.63) is 89.4 Å². The largest absolute Gasteiger partial charge is 0.325 e. The second-order valence-corrected chi connectivity index (χ2v) is 9.69. The molecular formula is C23H19ClN2O4S. The van der Waals surface area contributed by atoms with Crippen LogP contribution < -0.4 is 10.2 Å². The molecule has 0 saturated carbocycles. The number of rotatable bonds is 4. The maximum absolute atomic E-state index is 13.4. The number of amides is 2. The fourth-order valence-corrected chi connectivity index (χ4v) is 5.65. The molecule has 1 heterocycles. The van der Waals surface area contributed by atoms with Crippen LogP contribution in [0.4, 0.5) is 11.4 Å². The molecule has 0 fully saturated rings. The smallest absolute Gasteiger partial charge is 0.244 e. The number of hydrogen-bond acceptors (Lipinski definition) is 4. The number of nitrogens with zero attached hydrogens (tertiary/aromatic N) is 1. The number of benzene rings is 3. The highest BCUT2D eigenvalue weighted by Crippen LogP contribution is 2.40. The first-order chi connectivity index (χ1) is 14.9. The molecule has 0 unspecified atom stereocenters. The zero-order valence-electron chi connectivity index (χ0n) is 16.4. The van der Waals surface area contributed by atoms with Crippen molar-refractivity contribution < 1.29 is 18.0 Å². The van der Waals surface area contributed by atoms with Crippen molar-refractivity contribution >= 4 is 44.6 Å². The minimum absolute atomic E-state index is 0.0361. The Morgan fingerprint density at radius 1 is 0.968 bits per heavy atom. The third kappa shape index (κ3) is 4.33. The van der Waals surface area contributed by atoms with Crippen LogP contribution in [0.1, 0.15) is 17.2 Å². The quantitative estimate of drug-likeness (QED) is 0.639. The number of halogens is 1. The molecule has 0 aliphatic carbocycles. The molecule has 0 radical (unpaired) electrons. The average molecular weight is 455 g/mol. The number of sulfone groups is 1. The number of para-hydroxylation sites is 1. The highest BCUT2D eigenvalue weighted by Gasteiger charge is 2.39. The van der Waals surface area contributed by atoms with Crippen LogP contribution in [0.3, 0.4) is 0 Å². The van der Waals surface area contributed by atoms with E-state index in [0.29, 0.717) is 16.3 Å². The Morgan fingerprint density at radius 2 is 1.61 bits per heavy atom. The Balaban J connectivity index is 1.68. The van der Waals surface area contributed by atoms with Crippen molar-refractivity contribution in [3.8, 4) is 0 Å². The van der Waals surface area contributed by atoms with Gasteiger partial charge in [-0.15, -0.1) is 0 Å². The molecule has 1 N–H and O–H groups in total. The van der Waals surface area contributed by atoms with E-state index < -0.39 is 26.9 Å². The van der Waals surface area contributed by atoms with Crippen molar-refractivity contribution in [2.45, 2.75) is 16.6 Å². The Hall–Kier alpha value is -3.16. The fraction of sp³-hybridized carbons (Fsp3) is 0.130. The summed E-state index contributed by atoms with van der Waals surface area (Å²) in [6.07, 6.45) is -0.255. The summed E-state index contributed by atoms with van der Waals surface area (Å²) in [4.78, 5) is 27.1. The first-order valence-corrected chi connectivity index (χ1v) is 11.5. The Morgan fingerprint density at radius 3 is 2.32 bits per heavy atom. The van der Waals surface area contributed by atoms with Crippen molar-refractivity contribution in [3.63, 3.8) is 0 Å². The Labute approximate surface area is 185 Å². The molecule has 0 saturated heterocycles. The molecule has 0 spiro atoms. The standard InChI is InChI=1S/C23H19ClN2O4S/c24-17-10-12-18(13-11-17)25-22(27)15-26-19-8-4-5-9-20(19)31(29,30)21(14-23(26)28)16-6-2-1-3-7-16/h1-13,21H,14-15H2,(H,25,27)/t21-/m1/s1. The number of hydrogen-bond donors (Lipinski definition) is 1. The lowest BCUT2D eigenvalue weighted by atomic mass is 10.1. The van der Waals surface area contributed by atoms with Gasteiger partial charge in [0.2, 0.25) is 11.8 Å². The molecule has 31 heavy (non-hydrogen) atoms. The third-order valence-electron chi connectivity index (χ3n) is 5.10. The van der Waals surface area contributed by atoms with Gasteiger partial charge < -0.3 is 10.2 Å². The molecular weight excluding hydrogens is 436 g/mol. The molecule has 1 atom stereocenters. The van der Waals surface area contributed by atoms with E-state index in [0.717, 1.165) is 0 Å². The summed E-state index contributed by atoms with van der Waals surface area (Å²) < 4.78 is 26.9. The lowest BCUT2D eigenvalue weighted by molar-refractivity contribution is -0.121. The van der Waals surface area contributed by atoms with Crippen LogP contribution in [-0.4, -0.2) is 26.8 Å². The molecule has 4 rings (SSSR count). The van der Waals surface area contributed by atoms with Gasteiger partial charge in [-0.25, -0.2) is 8.42 Å². The molecule has 6 nitrogen and oxygen atoms in total. The summed E-state index contributed by atoms with van der Waals surface area (Å²) in [6, 6.07) is 21.5. The predicted molar refractivity (Wildman–Crippen MR) is 120 cm³/mol. The van der Waals surface area contributed by atoms with Gasteiger partial charge in [0.25, 0.3) is 0 Å². The summed E-state index contributed by atoms with van der Waals surface area (Å²) >= 11 is 5.87. The third-order valence-corrected chi connectivity index (χ3v) is 7.50. The molecule has 3 aromatic carbocycles. The van der Waals surface area contributed by atoms with Gasteiger partial charge in [-0.2, -0.15) is 0 Å². The molecule has 0 bridgehead atoms. The van der Waals surface area contributed by atoms with E-state index in [-0.39, 0.29) is 23.5 Å². The predicted octanol–water partition coefficient (Wildman–Crippen LogP) is 4.23. The van der Waals surface area contributed by atoms with Gasteiger partial charge in [0.15, 0.2) is 9.84 Å². The first-order valence-electron chi connectivity index (χ1n) is 9.60.